The predicted molar refractivity (Wildman–Crippen MR) is 82.6 cm³/mol. The van der Waals surface area contributed by atoms with Crippen LogP contribution in [0.15, 0.2) is 60.8 Å². The Bertz CT molecular complexity index is 860. The minimum absolute atomic E-state index is 0.0651. The third-order valence-electron chi connectivity index (χ3n) is 3.32. The van der Waals surface area contributed by atoms with Crippen molar-refractivity contribution in [3.05, 3.63) is 66.4 Å². The molecule has 0 bridgehead atoms. The number of nitrogens with zero attached hydrogens (tertiary/aromatic N) is 2. The summed E-state index contributed by atoms with van der Waals surface area (Å²) in [5, 5.41) is 13.4. The third kappa shape index (κ3) is 3.40. The van der Waals surface area contributed by atoms with Crippen molar-refractivity contribution in [1.82, 2.24) is 9.78 Å². The van der Waals surface area contributed by atoms with E-state index < -0.39 is 12.6 Å². The Hall–Kier alpha value is -3.22. The maximum Gasteiger partial charge on any atom is 0.387 e. The first-order valence-electron chi connectivity index (χ1n) is 6.97. The van der Waals surface area contributed by atoms with Gasteiger partial charge in [-0.3, -0.25) is 0 Å². The van der Waals surface area contributed by atoms with Crippen LogP contribution in [0.5, 0.6) is 5.75 Å². The molecule has 5 nitrogen and oxygen atoms in total. The van der Waals surface area contributed by atoms with Gasteiger partial charge in [-0.1, -0.05) is 12.1 Å². The summed E-state index contributed by atoms with van der Waals surface area (Å²) in [6, 6.07) is 14.2. The Morgan fingerprint density at radius 2 is 1.88 bits per heavy atom. The second-order valence-electron chi connectivity index (χ2n) is 4.90. The molecule has 0 aliphatic carbocycles. The standard InChI is InChI=1S/C17H12F2N2O3/c18-17(19)24-14-6-4-13(5-7-14)21-9-8-15(20-21)11-2-1-3-12(10-11)16(22)23/h1-10,17H,(H,22,23). The quantitative estimate of drug-likeness (QED) is 0.772. The summed E-state index contributed by atoms with van der Waals surface area (Å²) in [7, 11) is 0. The first-order valence-corrected chi connectivity index (χ1v) is 6.97. The maximum absolute atomic E-state index is 12.1. The number of hydrogen-bond acceptors (Lipinski definition) is 3. The Morgan fingerprint density at radius 1 is 1.12 bits per heavy atom. The molecule has 0 saturated heterocycles. The van der Waals surface area contributed by atoms with Gasteiger partial charge in [-0.2, -0.15) is 13.9 Å². The molecule has 0 atom stereocenters. The molecule has 0 unspecified atom stereocenters. The van der Waals surface area contributed by atoms with Gasteiger partial charge in [-0.15, -0.1) is 0 Å². The monoisotopic (exact) mass is 330 g/mol. The molecule has 0 spiro atoms. The summed E-state index contributed by atoms with van der Waals surface area (Å²) >= 11 is 0. The zero-order valence-electron chi connectivity index (χ0n) is 12.3. The lowest BCUT2D eigenvalue weighted by atomic mass is 10.1. The number of hydrogen-bond donors (Lipinski definition) is 1. The summed E-state index contributed by atoms with van der Waals surface area (Å²) < 4.78 is 30.1. The van der Waals surface area contributed by atoms with Gasteiger partial charge in [-0.25, -0.2) is 9.48 Å². The van der Waals surface area contributed by atoms with Crippen LogP contribution in [0.1, 0.15) is 10.4 Å². The van der Waals surface area contributed by atoms with Crippen LogP contribution in [0.4, 0.5) is 8.78 Å². The van der Waals surface area contributed by atoms with Gasteiger partial charge in [0.05, 0.1) is 16.9 Å². The van der Waals surface area contributed by atoms with Crippen molar-refractivity contribution in [1.29, 1.82) is 0 Å². The van der Waals surface area contributed by atoms with Crippen LogP contribution in [0, 0.1) is 0 Å². The molecule has 0 amide bonds. The lowest BCUT2D eigenvalue weighted by molar-refractivity contribution is -0.0498. The molecule has 1 heterocycles. The number of aromatic carboxylic acids is 1. The van der Waals surface area contributed by atoms with E-state index >= 15 is 0 Å². The van der Waals surface area contributed by atoms with Gasteiger partial charge in [0.1, 0.15) is 5.75 Å². The molecule has 1 aromatic heterocycles. The van der Waals surface area contributed by atoms with E-state index in [1.54, 1.807) is 41.2 Å². The van der Waals surface area contributed by atoms with E-state index in [9.17, 15) is 13.6 Å². The van der Waals surface area contributed by atoms with Crippen LogP contribution in [0.25, 0.3) is 16.9 Å². The number of halogens is 2. The molecule has 122 valence electrons. The molecule has 7 heteroatoms. The Balaban J connectivity index is 1.85. The smallest absolute Gasteiger partial charge is 0.387 e. The number of carbonyl (C=O) groups is 1. The second kappa shape index (κ2) is 6.49. The largest absolute Gasteiger partial charge is 0.478 e. The summed E-state index contributed by atoms with van der Waals surface area (Å²) in [6.45, 7) is -2.87. The molecule has 1 N–H and O–H groups in total. The van der Waals surface area contributed by atoms with Crippen molar-refractivity contribution in [3.8, 4) is 22.7 Å². The van der Waals surface area contributed by atoms with Crippen molar-refractivity contribution in [3.63, 3.8) is 0 Å². The Labute approximate surface area is 135 Å². The molecular formula is C17H12F2N2O3. The zero-order chi connectivity index (χ0) is 17.1. The van der Waals surface area contributed by atoms with E-state index in [0.29, 0.717) is 16.9 Å². The number of aromatic nitrogens is 2. The van der Waals surface area contributed by atoms with E-state index in [1.165, 1.54) is 24.3 Å². The number of carboxylic acids is 1. The molecule has 0 radical (unpaired) electrons. The molecule has 2 aromatic carbocycles. The van der Waals surface area contributed by atoms with Gasteiger partial charge in [0, 0.05) is 11.8 Å². The van der Waals surface area contributed by atoms with Crippen LogP contribution in [0.2, 0.25) is 0 Å². The van der Waals surface area contributed by atoms with E-state index in [-0.39, 0.29) is 11.3 Å². The number of carboxylic acid groups (broad SMARTS) is 1. The van der Waals surface area contributed by atoms with Gasteiger partial charge in [0.2, 0.25) is 0 Å². The maximum atomic E-state index is 12.1. The summed E-state index contributed by atoms with van der Waals surface area (Å²) in [5.74, 6) is -0.943. The van der Waals surface area contributed by atoms with Crippen molar-refractivity contribution >= 4 is 5.97 Å². The average molecular weight is 330 g/mol. The van der Waals surface area contributed by atoms with Crippen LogP contribution >= 0.6 is 0 Å². The summed E-state index contributed by atoms with van der Waals surface area (Å²) in [4.78, 5) is 11.0. The van der Waals surface area contributed by atoms with Gasteiger partial charge in [0.15, 0.2) is 0 Å². The molecule has 0 saturated carbocycles. The fourth-order valence-electron chi connectivity index (χ4n) is 2.21. The topological polar surface area (TPSA) is 64.3 Å². The van der Waals surface area contributed by atoms with Crippen molar-refractivity contribution in [2.24, 2.45) is 0 Å². The minimum atomic E-state index is -2.87. The number of ether oxygens (including phenoxy) is 1. The van der Waals surface area contributed by atoms with Gasteiger partial charge in [0.25, 0.3) is 0 Å². The molecule has 3 aromatic rings. The molecule has 3 rings (SSSR count). The molecule has 0 fully saturated rings. The lowest BCUT2D eigenvalue weighted by Crippen LogP contribution is -2.02. The second-order valence-corrected chi connectivity index (χ2v) is 4.90. The highest BCUT2D eigenvalue weighted by atomic mass is 19.3. The van der Waals surface area contributed by atoms with Crippen LogP contribution in [-0.2, 0) is 0 Å². The van der Waals surface area contributed by atoms with E-state index in [1.807, 2.05) is 0 Å². The van der Waals surface area contributed by atoms with Crippen molar-refractivity contribution in [2.75, 3.05) is 0 Å². The predicted octanol–water partition coefficient (Wildman–Crippen LogP) is 3.84. The summed E-state index contributed by atoms with van der Waals surface area (Å²) in [5.41, 5.74) is 2.12. The number of alkyl halides is 2. The highest BCUT2D eigenvalue weighted by molar-refractivity contribution is 5.89. The van der Waals surface area contributed by atoms with Crippen LogP contribution < -0.4 is 4.74 Å². The normalized spacial score (nSPS) is 10.8. The molecule has 0 aliphatic heterocycles. The molecule has 24 heavy (non-hydrogen) atoms. The highest BCUT2D eigenvalue weighted by Gasteiger charge is 2.09. The third-order valence-corrected chi connectivity index (χ3v) is 3.32. The molecule has 0 aliphatic rings. The minimum Gasteiger partial charge on any atom is -0.478 e. The zero-order valence-corrected chi connectivity index (χ0v) is 12.3. The van der Waals surface area contributed by atoms with E-state index in [0.717, 1.165) is 0 Å². The fraction of sp³-hybridized carbons (Fsp3) is 0.0588. The van der Waals surface area contributed by atoms with E-state index in [2.05, 4.69) is 9.84 Å². The average Bonchev–Trinajstić information content (AvgIpc) is 3.05. The fourth-order valence-corrected chi connectivity index (χ4v) is 2.21. The summed E-state index contributed by atoms with van der Waals surface area (Å²) in [6.07, 6.45) is 1.70. The van der Waals surface area contributed by atoms with Crippen LogP contribution in [-0.4, -0.2) is 27.5 Å². The van der Waals surface area contributed by atoms with Crippen LogP contribution in [0.3, 0.4) is 0 Å². The first kappa shape index (κ1) is 15.7. The number of benzene rings is 2. The molecular weight excluding hydrogens is 318 g/mol. The Morgan fingerprint density at radius 3 is 2.54 bits per heavy atom. The van der Waals surface area contributed by atoms with Gasteiger partial charge >= 0.3 is 12.6 Å². The van der Waals surface area contributed by atoms with Crippen molar-refractivity contribution < 1.29 is 23.4 Å². The van der Waals surface area contributed by atoms with Gasteiger partial charge < -0.3 is 9.84 Å². The van der Waals surface area contributed by atoms with E-state index in [4.69, 9.17) is 5.11 Å². The van der Waals surface area contributed by atoms with Crippen molar-refractivity contribution in [2.45, 2.75) is 6.61 Å². The number of rotatable bonds is 5. The SMILES string of the molecule is O=C(O)c1cccc(-c2ccn(-c3ccc(OC(F)F)cc3)n2)c1. The Kier molecular flexibility index (Phi) is 4.24. The highest BCUT2D eigenvalue weighted by Crippen LogP contribution is 2.21. The first-order chi connectivity index (χ1) is 11.5. The lowest BCUT2D eigenvalue weighted by Gasteiger charge is -2.06. The van der Waals surface area contributed by atoms with Gasteiger partial charge in [-0.05, 0) is 42.5 Å².